The molecule has 0 spiro atoms. The second-order valence-electron chi connectivity index (χ2n) is 5.55. The maximum Gasteiger partial charge on any atom is 0.247 e. The smallest absolute Gasteiger partial charge is 0.247 e. The summed E-state index contributed by atoms with van der Waals surface area (Å²) in [7, 11) is -2.17. The molecule has 0 fully saturated rings. The molecule has 0 saturated carbocycles. The lowest BCUT2D eigenvalue weighted by atomic mass is 10.2. The van der Waals surface area contributed by atoms with E-state index < -0.39 is 22.0 Å². The van der Waals surface area contributed by atoms with E-state index in [-0.39, 0.29) is 0 Å². The predicted octanol–water partition coefficient (Wildman–Crippen LogP) is 3.90. The van der Waals surface area contributed by atoms with E-state index in [1.54, 1.807) is 42.5 Å². The van der Waals surface area contributed by atoms with Crippen molar-refractivity contribution in [2.24, 2.45) is 0 Å². The molecule has 0 aliphatic rings. The third-order valence-corrected chi connectivity index (χ3v) is 6.08. The Bertz CT molecular complexity index is 903. The van der Waals surface area contributed by atoms with Crippen LogP contribution in [0.2, 0.25) is 5.02 Å². The van der Waals surface area contributed by atoms with Crippen molar-refractivity contribution in [1.29, 1.82) is 0 Å². The van der Waals surface area contributed by atoms with Crippen molar-refractivity contribution in [2.45, 2.75) is 13.0 Å². The molecule has 140 valence electrons. The van der Waals surface area contributed by atoms with Crippen molar-refractivity contribution >= 4 is 54.8 Å². The van der Waals surface area contributed by atoms with Gasteiger partial charge in [0.15, 0.2) is 0 Å². The van der Waals surface area contributed by atoms with Gasteiger partial charge in [-0.25, -0.2) is 8.42 Å². The zero-order valence-electron chi connectivity index (χ0n) is 14.4. The minimum atomic E-state index is -3.69. The van der Waals surface area contributed by atoms with Crippen molar-refractivity contribution in [2.75, 3.05) is 23.0 Å². The summed E-state index contributed by atoms with van der Waals surface area (Å²) < 4.78 is 31.4. The Morgan fingerprint density at radius 2 is 1.85 bits per heavy atom. The summed E-state index contributed by atoms with van der Waals surface area (Å²) in [6, 6.07) is 10.4. The summed E-state index contributed by atoms with van der Waals surface area (Å²) in [6.07, 6.45) is 1.05. The fourth-order valence-corrected chi connectivity index (χ4v) is 3.96. The number of sulfonamides is 1. The number of nitrogens with zero attached hydrogens (tertiary/aromatic N) is 1. The topological polar surface area (TPSA) is 75.7 Å². The Balaban J connectivity index is 2.29. The molecule has 26 heavy (non-hydrogen) atoms. The van der Waals surface area contributed by atoms with E-state index in [1.165, 1.54) is 14.0 Å². The molecule has 0 aliphatic carbocycles. The highest BCUT2D eigenvalue weighted by atomic mass is 79.9. The molecule has 2 rings (SSSR count). The maximum absolute atomic E-state index is 12.6. The van der Waals surface area contributed by atoms with Gasteiger partial charge in [0.2, 0.25) is 15.9 Å². The van der Waals surface area contributed by atoms with Gasteiger partial charge in [0.1, 0.15) is 11.8 Å². The van der Waals surface area contributed by atoms with Crippen LogP contribution in [0.4, 0.5) is 11.4 Å². The highest BCUT2D eigenvalue weighted by molar-refractivity contribution is 9.10. The van der Waals surface area contributed by atoms with E-state index in [9.17, 15) is 13.2 Å². The Labute approximate surface area is 166 Å². The lowest BCUT2D eigenvalue weighted by Crippen LogP contribution is -2.45. The number of halogens is 2. The quantitative estimate of drug-likeness (QED) is 0.708. The molecule has 1 N–H and O–H groups in total. The average molecular weight is 462 g/mol. The summed E-state index contributed by atoms with van der Waals surface area (Å²) in [4.78, 5) is 12.6. The molecule has 0 saturated heterocycles. The minimum Gasteiger partial charge on any atom is -0.497 e. The maximum atomic E-state index is 12.6. The molecule has 1 unspecified atom stereocenters. The Morgan fingerprint density at radius 1 is 1.23 bits per heavy atom. The van der Waals surface area contributed by atoms with Gasteiger partial charge in [-0.05, 0) is 65.3 Å². The summed E-state index contributed by atoms with van der Waals surface area (Å²) >= 11 is 9.29. The molecule has 0 heterocycles. The molecular weight excluding hydrogens is 444 g/mol. The number of anilines is 2. The molecule has 2 aromatic carbocycles. The van der Waals surface area contributed by atoms with E-state index in [0.717, 1.165) is 10.6 Å². The average Bonchev–Trinajstić information content (AvgIpc) is 2.57. The van der Waals surface area contributed by atoms with Gasteiger partial charge in [-0.15, -0.1) is 0 Å². The molecule has 1 amide bonds. The first-order valence-electron chi connectivity index (χ1n) is 7.53. The van der Waals surface area contributed by atoms with Crippen LogP contribution < -0.4 is 14.4 Å². The van der Waals surface area contributed by atoms with Crippen LogP contribution in [0.25, 0.3) is 0 Å². The van der Waals surface area contributed by atoms with E-state index in [1.807, 2.05) is 0 Å². The van der Waals surface area contributed by atoms with Crippen molar-refractivity contribution in [1.82, 2.24) is 0 Å². The highest BCUT2D eigenvalue weighted by Gasteiger charge is 2.29. The van der Waals surface area contributed by atoms with Gasteiger partial charge < -0.3 is 10.1 Å². The molecule has 9 heteroatoms. The first-order valence-corrected chi connectivity index (χ1v) is 10.5. The normalized spacial score (nSPS) is 12.3. The highest BCUT2D eigenvalue weighted by Crippen LogP contribution is 2.27. The lowest BCUT2D eigenvalue weighted by Gasteiger charge is -2.28. The second kappa shape index (κ2) is 8.28. The van der Waals surface area contributed by atoms with Crippen molar-refractivity contribution in [3.05, 3.63) is 52.0 Å². The fourth-order valence-electron chi connectivity index (χ4n) is 2.36. The Morgan fingerprint density at radius 3 is 2.35 bits per heavy atom. The molecule has 2 aromatic rings. The second-order valence-corrected chi connectivity index (χ2v) is 8.67. The largest absolute Gasteiger partial charge is 0.497 e. The molecule has 0 aromatic heterocycles. The number of ether oxygens (including phenoxy) is 1. The number of benzene rings is 2. The number of rotatable bonds is 6. The minimum absolute atomic E-state index is 0.366. The number of hydrogen-bond acceptors (Lipinski definition) is 4. The van der Waals surface area contributed by atoms with Crippen LogP contribution in [0.3, 0.4) is 0 Å². The zero-order chi connectivity index (χ0) is 19.5. The summed E-state index contributed by atoms with van der Waals surface area (Å²) in [5.74, 6) is 0.105. The SMILES string of the molecule is COc1ccc(N(C(C)C(=O)Nc2ccc(Br)c(Cl)c2)S(C)(=O)=O)cc1. The van der Waals surface area contributed by atoms with E-state index in [2.05, 4.69) is 21.2 Å². The third kappa shape index (κ3) is 4.90. The van der Waals surface area contributed by atoms with Gasteiger partial charge >= 0.3 is 0 Å². The van der Waals surface area contributed by atoms with Crippen molar-refractivity contribution < 1.29 is 17.9 Å². The van der Waals surface area contributed by atoms with E-state index >= 15 is 0 Å². The Kier molecular flexibility index (Phi) is 6.54. The van der Waals surface area contributed by atoms with E-state index in [4.69, 9.17) is 16.3 Å². The summed E-state index contributed by atoms with van der Waals surface area (Å²) in [5.41, 5.74) is 0.836. The number of carbonyl (C=O) groups excluding carboxylic acids is 1. The van der Waals surface area contributed by atoms with Crippen molar-refractivity contribution in [3.63, 3.8) is 0 Å². The van der Waals surface area contributed by atoms with Gasteiger partial charge in [0.05, 0.1) is 24.1 Å². The fraction of sp³-hybridized carbons (Fsp3) is 0.235. The third-order valence-electron chi connectivity index (χ3n) is 3.60. The van der Waals surface area contributed by atoms with Gasteiger partial charge in [-0.3, -0.25) is 9.10 Å². The lowest BCUT2D eigenvalue weighted by molar-refractivity contribution is -0.116. The van der Waals surface area contributed by atoms with Crippen LogP contribution >= 0.6 is 27.5 Å². The molecule has 0 radical (unpaired) electrons. The van der Waals surface area contributed by atoms with Gasteiger partial charge in [0.25, 0.3) is 0 Å². The van der Waals surface area contributed by atoms with E-state index in [0.29, 0.717) is 26.6 Å². The molecular formula is C17H18BrClN2O4S. The number of methoxy groups -OCH3 is 1. The van der Waals surface area contributed by atoms with Crippen LogP contribution in [0, 0.1) is 0 Å². The van der Waals surface area contributed by atoms with Gasteiger partial charge in [0, 0.05) is 10.2 Å². The first-order chi connectivity index (χ1) is 12.1. The predicted molar refractivity (Wildman–Crippen MR) is 108 cm³/mol. The number of hydrogen-bond donors (Lipinski definition) is 1. The van der Waals surface area contributed by atoms with Crippen LogP contribution in [-0.2, 0) is 14.8 Å². The van der Waals surface area contributed by atoms with Crippen molar-refractivity contribution in [3.8, 4) is 5.75 Å². The zero-order valence-corrected chi connectivity index (χ0v) is 17.5. The van der Waals surface area contributed by atoms with Crippen LogP contribution in [0.5, 0.6) is 5.75 Å². The number of amides is 1. The number of carbonyl (C=O) groups is 1. The van der Waals surface area contributed by atoms with Gasteiger partial charge in [-0.1, -0.05) is 11.6 Å². The van der Waals surface area contributed by atoms with Crippen LogP contribution in [0.15, 0.2) is 46.9 Å². The van der Waals surface area contributed by atoms with Crippen LogP contribution in [0.1, 0.15) is 6.92 Å². The van der Waals surface area contributed by atoms with Gasteiger partial charge in [-0.2, -0.15) is 0 Å². The molecule has 6 nitrogen and oxygen atoms in total. The standard InChI is InChI=1S/C17H18BrClN2O4S/c1-11(17(22)20-12-4-9-15(18)16(19)10-12)21(26(3,23)24)13-5-7-14(25-2)8-6-13/h4-11H,1-3H3,(H,20,22). The monoisotopic (exact) mass is 460 g/mol. The Hall–Kier alpha value is -1.77. The number of nitrogens with one attached hydrogen (secondary N) is 1. The molecule has 0 aliphatic heterocycles. The first kappa shape index (κ1) is 20.5. The van der Waals surface area contributed by atoms with Crippen LogP contribution in [-0.4, -0.2) is 33.7 Å². The summed E-state index contributed by atoms with van der Waals surface area (Å²) in [6.45, 7) is 1.51. The summed E-state index contributed by atoms with van der Waals surface area (Å²) in [5, 5.41) is 3.12. The molecule has 1 atom stereocenters. The molecule has 0 bridgehead atoms.